The number of nitrogens with one attached hydrogen (secondary N) is 1. The monoisotopic (exact) mass is 375 g/mol. The van der Waals surface area contributed by atoms with Crippen LogP contribution in [-0.4, -0.2) is 15.9 Å². The van der Waals surface area contributed by atoms with Crippen molar-refractivity contribution in [2.24, 2.45) is 0 Å². The number of hydrogen-bond donors (Lipinski definition) is 1. The maximum atomic E-state index is 13.0. The lowest BCUT2D eigenvalue weighted by atomic mass is 9.93. The van der Waals surface area contributed by atoms with E-state index in [9.17, 15) is 18.0 Å². The van der Waals surface area contributed by atoms with E-state index in [1.54, 1.807) is 6.07 Å². The van der Waals surface area contributed by atoms with E-state index in [4.69, 9.17) is 15.7 Å². The van der Waals surface area contributed by atoms with Gasteiger partial charge in [-0.25, -0.2) is 0 Å². The zero-order valence-electron chi connectivity index (χ0n) is 14.9. The van der Waals surface area contributed by atoms with Gasteiger partial charge in [-0.2, -0.15) is 13.2 Å². The van der Waals surface area contributed by atoms with Crippen LogP contribution >= 0.6 is 23.8 Å². The number of carbonyl (C=O) groups is 1. The molecule has 1 aromatic heterocycles. The van der Waals surface area contributed by atoms with E-state index in [0.717, 1.165) is 12.3 Å². The Hall–Kier alpha value is -1.99. The molecule has 1 unspecified atom stereocenters. The maximum Gasteiger partial charge on any atom is 0.416 e. The predicted molar refractivity (Wildman–Crippen MR) is 88.9 cm³/mol. The van der Waals surface area contributed by atoms with Crippen molar-refractivity contribution in [3.8, 4) is 0 Å². The van der Waals surface area contributed by atoms with E-state index < -0.39 is 35.4 Å². The zero-order valence-corrected chi connectivity index (χ0v) is 13.5. The van der Waals surface area contributed by atoms with E-state index in [2.05, 4.69) is 22.5 Å². The molecule has 0 aliphatic heterocycles. The number of carbonyl (C=O) groups excluding carboxylic acids is 1. The van der Waals surface area contributed by atoms with Crippen LogP contribution in [-0.2, 0) is 11.0 Å². The molecule has 0 bridgehead atoms. The van der Waals surface area contributed by atoms with E-state index >= 15 is 0 Å². The van der Waals surface area contributed by atoms with Crippen LogP contribution in [0, 0.1) is 0 Å². The summed E-state index contributed by atoms with van der Waals surface area (Å²) in [6, 6.07) is 7.48. The summed E-state index contributed by atoms with van der Waals surface area (Å²) in [5.74, 6) is -2.34. The third-order valence-electron chi connectivity index (χ3n) is 3.12. The van der Waals surface area contributed by atoms with Crippen LogP contribution in [0.1, 0.15) is 33.7 Å². The van der Waals surface area contributed by atoms with Gasteiger partial charge in [0.25, 0.3) is 0 Å². The molecule has 0 aliphatic rings. The van der Waals surface area contributed by atoms with Gasteiger partial charge >= 0.3 is 6.18 Å². The molecule has 3 nitrogen and oxygen atoms in total. The molecule has 2 aromatic rings. The van der Waals surface area contributed by atoms with Crippen LogP contribution in [0.4, 0.5) is 13.2 Å². The van der Waals surface area contributed by atoms with Gasteiger partial charge in [0.1, 0.15) is 5.92 Å². The second kappa shape index (κ2) is 7.27. The van der Waals surface area contributed by atoms with Crippen molar-refractivity contribution in [3.05, 3.63) is 64.4 Å². The minimum absolute atomic E-state index is 0.108. The van der Waals surface area contributed by atoms with Crippen molar-refractivity contribution < 1.29 is 22.1 Å². The first kappa shape index (κ1) is 14.4. The summed E-state index contributed by atoms with van der Waals surface area (Å²) in [4.78, 5) is 15.8. The quantitative estimate of drug-likeness (QED) is 0.811. The Labute approximate surface area is 151 Å². The van der Waals surface area contributed by atoms with Gasteiger partial charge in [0.15, 0.2) is 0 Å². The van der Waals surface area contributed by atoms with Gasteiger partial charge in [-0.15, -0.1) is 0 Å². The molecule has 0 saturated heterocycles. The normalized spacial score (nSPS) is 14.9. The van der Waals surface area contributed by atoms with Crippen molar-refractivity contribution in [1.29, 1.82) is 0 Å². The largest absolute Gasteiger partial charge is 0.416 e. The number of thiocarbonyl (C=S) groups is 1. The summed E-state index contributed by atoms with van der Waals surface area (Å²) < 4.78 is 60.8. The Morgan fingerprint density at radius 3 is 2.71 bits per heavy atom. The lowest BCUT2D eigenvalue weighted by molar-refractivity contribution is -0.137. The van der Waals surface area contributed by atoms with Crippen LogP contribution < -0.4 is 5.32 Å². The van der Waals surface area contributed by atoms with Crippen LogP contribution in [0.15, 0.2) is 42.6 Å². The average molecular weight is 376 g/mol. The highest BCUT2D eigenvalue weighted by atomic mass is 35.5. The molecule has 8 heteroatoms. The highest BCUT2D eigenvalue weighted by Crippen LogP contribution is 2.34. The topological polar surface area (TPSA) is 42.0 Å². The molecule has 1 amide bonds. The maximum absolute atomic E-state index is 13.0. The lowest BCUT2D eigenvalue weighted by Crippen LogP contribution is -2.33. The van der Waals surface area contributed by atoms with Crippen molar-refractivity contribution in [2.75, 3.05) is 0 Å². The van der Waals surface area contributed by atoms with E-state index in [-0.39, 0.29) is 16.3 Å². The molecule has 126 valence electrons. The van der Waals surface area contributed by atoms with Crippen LogP contribution in [0.5, 0.6) is 0 Å². The van der Waals surface area contributed by atoms with Gasteiger partial charge in [0.05, 0.1) is 16.2 Å². The summed E-state index contributed by atoms with van der Waals surface area (Å²) in [5.41, 5.74) is -1.09. The third kappa shape index (κ3) is 4.30. The van der Waals surface area contributed by atoms with Gasteiger partial charge in [-0.3, -0.25) is 9.78 Å². The van der Waals surface area contributed by atoms with Crippen molar-refractivity contribution >= 4 is 34.7 Å². The number of aromatic nitrogens is 1. The smallest absolute Gasteiger partial charge is 0.320 e. The number of hydrogen-bond acceptors (Lipinski definition) is 3. The number of halogens is 4. The molecule has 1 N–H and O–H groups in total. The highest BCUT2D eigenvalue weighted by molar-refractivity contribution is 7.80. The minimum Gasteiger partial charge on any atom is -0.320 e. The highest BCUT2D eigenvalue weighted by Gasteiger charge is 2.33. The van der Waals surface area contributed by atoms with Crippen molar-refractivity contribution in [2.45, 2.75) is 18.9 Å². The van der Waals surface area contributed by atoms with E-state index in [0.29, 0.717) is 6.07 Å². The molecule has 1 heterocycles. The Bertz CT molecular complexity index is 874. The molecule has 24 heavy (non-hydrogen) atoms. The van der Waals surface area contributed by atoms with E-state index in [1.807, 2.05) is 0 Å². The summed E-state index contributed by atoms with van der Waals surface area (Å²) in [7, 11) is 0. The molecular weight excluding hydrogens is 361 g/mol. The van der Waals surface area contributed by atoms with Gasteiger partial charge in [0, 0.05) is 15.3 Å². The molecule has 1 atom stereocenters. The SMILES string of the molecule is [2H]C([2H])([2H])C(=S)NC(=O)C(c1cc(C(F)(F)F)ccn1)c1ccccc1Cl. The fourth-order valence-corrected chi connectivity index (χ4v) is 2.46. The lowest BCUT2D eigenvalue weighted by Gasteiger charge is -2.19. The Balaban J connectivity index is 2.54. The van der Waals surface area contributed by atoms with Crippen molar-refractivity contribution in [1.82, 2.24) is 10.3 Å². The molecule has 1 aromatic carbocycles. The molecule has 0 spiro atoms. The van der Waals surface area contributed by atoms with Gasteiger partial charge in [0.2, 0.25) is 5.91 Å². The number of amides is 1. The molecule has 0 saturated carbocycles. The summed E-state index contributed by atoms with van der Waals surface area (Å²) >= 11 is 10.8. The molecule has 2 rings (SSSR count). The number of pyridine rings is 1. The molecule has 0 radical (unpaired) electrons. The van der Waals surface area contributed by atoms with Gasteiger partial charge < -0.3 is 5.32 Å². The average Bonchev–Trinajstić information content (AvgIpc) is 2.55. The fraction of sp³-hybridized carbons (Fsp3) is 0.188. The molecular formula is C16H12ClF3N2OS. The first-order chi connectivity index (χ1) is 12.4. The zero-order chi connectivity index (χ0) is 20.4. The summed E-state index contributed by atoms with van der Waals surface area (Å²) in [6.45, 7) is -2.74. The molecule has 0 fully saturated rings. The van der Waals surface area contributed by atoms with Crippen molar-refractivity contribution in [3.63, 3.8) is 0 Å². The Morgan fingerprint density at radius 1 is 1.38 bits per heavy atom. The fourth-order valence-electron chi connectivity index (χ4n) is 2.11. The number of alkyl halides is 3. The molecule has 0 aliphatic carbocycles. The number of benzene rings is 1. The second-order valence-corrected chi connectivity index (χ2v) is 5.56. The third-order valence-corrected chi connectivity index (χ3v) is 3.57. The minimum atomic E-state index is -4.65. The summed E-state index contributed by atoms with van der Waals surface area (Å²) in [5, 5.41) is 2.16. The Morgan fingerprint density at radius 2 is 2.08 bits per heavy atom. The summed E-state index contributed by atoms with van der Waals surface area (Å²) in [6.07, 6.45) is -3.73. The number of rotatable bonds is 3. The Kier molecular flexibility index (Phi) is 4.35. The first-order valence-electron chi connectivity index (χ1n) is 8.04. The standard InChI is InChI=1S/C16H12ClF3N2OS/c1-9(24)22-15(23)14(11-4-2-3-5-12(11)17)13-8-10(6-7-21-13)16(18,19)20/h2-8,14H,1H3,(H,22,23,24)/i1D3. The van der Waals surface area contributed by atoms with E-state index in [1.165, 1.54) is 18.2 Å². The predicted octanol–water partition coefficient (Wildman–Crippen LogP) is 4.35. The second-order valence-electron chi connectivity index (χ2n) is 4.74. The van der Waals surface area contributed by atoms with Crippen LogP contribution in [0.2, 0.25) is 5.02 Å². The number of nitrogens with zero attached hydrogens (tertiary/aromatic N) is 1. The van der Waals surface area contributed by atoms with Crippen LogP contribution in [0.25, 0.3) is 0 Å². The van der Waals surface area contributed by atoms with Gasteiger partial charge in [-0.1, -0.05) is 42.0 Å². The van der Waals surface area contributed by atoms with Gasteiger partial charge in [-0.05, 0) is 30.6 Å². The van der Waals surface area contributed by atoms with Crippen LogP contribution in [0.3, 0.4) is 0 Å². The first-order valence-corrected chi connectivity index (χ1v) is 7.32.